The molecule has 0 aliphatic rings. The highest BCUT2D eigenvalue weighted by molar-refractivity contribution is 5.33. The first kappa shape index (κ1) is 15.2. The first-order valence-electron chi connectivity index (χ1n) is 6.78. The Bertz CT molecular complexity index is 597. The Hall–Kier alpha value is -2.15. The predicted molar refractivity (Wildman–Crippen MR) is 79.5 cm³/mol. The van der Waals surface area contributed by atoms with Crippen LogP contribution in [0, 0.1) is 13.8 Å². The van der Waals surface area contributed by atoms with Gasteiger partial charge in [0, 0.05) is 37.2 Å². The number of nitrogens with one attached hydrogen (secondary N) is 1. The van der Waals surface area contributed by atoms with Crippen LogP contribution >= 0.6 is 0 Å². The zero-order valence-electron chi connectivity index (χ0n) is 12.9. The zero-order valence-corrected chi connectivity index (χ0v) is 12.9. The summed E-state index contributed by atoms with van der Waals surface area (Å²) >= 11 is 0. The maximum atomic E-state index is 5.09. The van der Waals surface area contributed by atoms with Gasteiger partial charge < -0.3 is 14.8 Å². The summed E-state index contributed by atoms with van der Waals surface area (Å²) in [5.41, 5.74) is 3.27. The SMILES string of the molecule is COCCn1nc(C)c(CNc2nccc(OC)n2)c1C. The largest absolute Gasteiger partial charge is 0.481 e. The van der Waals surface area contributed by atoms with Crippen molar-refractivity contribution in [3.8, 4) is 5.88 Å². The van der Waals surface area contributed by atoms with E-state index >= 15 is 0 Å². The molecule has 0 bridgehead atoms. The van der Waals surface area contributed by atoms with E-state index in [0.717, 1.165) is 23.5 Å². The third kappa shape index (κ3) is 3.69. The fourth-order valence-corrected chi connectivity index (χ4v) is 2.09. The van der Waals surface area contributed by atoms with Gasteiger partial charge in [-0.25, -0.2) is 4.98 Å². The molecule has 2 aromatic rings. The van der Waals surface area contributed by atoms with Crippen LogP contribution < -0.4 is 10.1 Å². The topological polar surface area (TPSA) is 74.1 Å². The Morgan fingerprint density at radius 2 is 2.10 bits per heavy atom. The summed E-state index contributed by atoms with van der Waals surface area (Å²) in [6, 6.07) is 1.71. The molecule has 0 radical (unpaired) electrons. The molecule has 0 atom stereocenters. The molecule has 0 aromatic carbocycles. The van der Waals surface area contributed by atoms with Crippen molar-refractivity contribution in [2.24, 2.45) is 0 Å². The molecule has 2 aromatic heterocycles. The van der Waals surface area contributed by atoms with Gasteiger partial charge in [0.25, 0.3) is 0 Å². The highest BCUT2D eigenvalue weighted by Gasteiger charge is 2.11. The Balaban J connectivity index is 2.07. The third-order valence-corrected chi connectivity index (χ3v) is 3.30. The van der Waals surface area contributed by atoms with Gasteiger partial charge in [0.1, 0.15) is 0 Å². The van der Waals surface area contributed by atoms with Crippen LogP contribution in [0.3, 0.4) is 0 Å². The number of hydrogen-bond donors (Lipinski definition) is 1. The van der Waals surface area contributed by atoms with E-state index in [1.807, 2.05) is 11.6 Å². The number of aryl methyl sites for hydroxylation is 1. The second kappa shape index (κ2) is 7.03. The molecule has 2 heterocycles. The molecule has 114 valence electrons. The number of nitrogens with zero attached hydrogens (tertiary/aromatic N) is 4. The highest BCUT2D eigenvalue weighted by atomic mass is 16.5. The molecule has 0 fully saturated rings. The van der Waals surface area contributed by atoms with Crippen LogP contribution in [0.15, 0.2) is 12.3 Å². The molecular weight excluding hydrogens is 270 g/mol. The molecule has 0 aliphatic heterocycles. The van der Waals surface area contributed by atoms with E-state index in [0.29, 0.717) is 25.0 Å². The summed E-state index contributed by atoms with van der Waals surface area (Å²) in [5, 5.41) is 7.72. The van der Waals surface area contributed by atoms with Gasteiger partial charge in [0.15, 0.2) is 0 Å². The molecule has 2 rings (SSSR count). The molecule has 0 aliphatic carbocycles. The molecule has 0 spiro atoms. The van der Waals surface area contributed by atoms with Gasteiger partial charge in [-0.3, -0.25) is 4.68 Å². The monoisotopic (exact) mass is 291 g/mol. The smallest absolute Gasteiger partial charge is 0.226 e. The van der Waals surface area contributed by atoms with Crippen LogP contribution in [0.1, 0.15) is 17.0 Å². The van der Waals surface area contributed by atoms with Gasteiger partial charge in [-0.15, -0.1) is 0 Å². The number of aromatic nitrogens is 4. The molecule has 7 heteroatoms. The summed E-state index contributed by atoms with van der Waals surface area (Å²) < 4.78 is 12.1. The van der Waals surface area contributed by atoms with Crippen LogP contribution in [-0.2, 0) is 17.8 Å². The fraction of sp³-hybridized carbons (Fsp3) is 0.500. The predicted octanol–water partition coefficient (Wildman–Crippen LogP) is 1.56. The minimum absolute atomic E-state index is 0.539. The minimum atomic E-state index is 0.539. The summed E-state index contributed by atoms with van der Waals surface area (Å²) in [6.45, 7) is 6.07. The van der Waals surface area contributed by atoms with Crippen molar-refractivity contribution >= 4 is 5.95 Å². The van der Waals surface area contributed by atoms with E-state index in [1.54, 1.807) is 26.5 Å². The van der Waals surface area contributed by atoms with Crippen LogP contribution in [0.2, 0.25) is 0 Å². The van der Waals surface area contributed by atoms with Crippen LogP contribution in [0.4, 0.5) is 5.95 Å². The van der Waals surface area contributed by atoms with Crippen molar-refractivity contribution in [1.82, 2.24) is 19.7 Å². The van der Waals surface area contributed by atoms with Crippen molar-refractivity contribution in [3.05, 3.63) is 29.2 Å². The first-order chi connectivity index (χ1) is 10.2. The van der Waals surface area contributed by atoms with Crippen molar-refractivity contribution in [2.45, 2.75) is 26.9 Å². The maximum absolute atomic E-state index is 5.09. The number of anilines is 1. The lowest BCUT2D eigenvalue weighted by Gasteiger charge is -2.07. The van der Waals surface area contributed by atoms with Gasteiger partial charge in [-0.1, -0.05) is 0 Å². The lowest BCUT2D eigenvalue weighted by molar-refractivity contribution is 0.182. The van der Waals surface area contributed by atoms with Gasteiger partial charge in [0.05, 0.1) is 26.0 Å². The third-order valence-electron chi connectivity index (χ3n) is 3.30. The fourth-order valence-electron chi connectivity index (χ4n) is 2.09. The molecule has 0 amide bonds. The molecule has 0 unspecified atom stereocenters. The molecule has 1 N–H and O–H groups in total. The minimum Gasteiger partial charge on any atom is -0.481 e. The average molecular weight is 291 g/mol. The molecular formula is C14H21N5O2. The normalized spacial score (nSPS) is 10.7. The second-order valence-corrected chi connectivity index (χ2v) is 4.64. The summed E-state index contributed by atoms with van der Waals surface area (Å²) in [7, 11) is 3.27. The van der Waals surface area contributed by atoms with Crippen molar-refractivity contribution in [3.63, 3.8) is 0 Å². The van der Waals surface area contributed by atoms with E-state index in [4.69, 9.17) is 9.47 Å². The van der Waals surface area contributed by atoms with Crippen molar-refractivity contribution < 1.29 is 9.47 Å². The number of ether oxygens (including phenoxy) is 2. The van der Waals surface area contributed by atoms with Crippen LogP contribution in [0.25, 0.3) is 0 Å². The van der Waals surface area contributed by atoms with Crippen LogP contribution in [0.5, 0.6) is 5.88 Å². The van der Waals surface area contributed by atoms with E-state index in [9.17, 15) is 0 Å². The van der Waals surface area contributed by atoms with E-state index in [-0.39, 0.29) is 0 Å². The van der Waals surface area contributed by atoms with Gasteiger partial charge in [0.2, 0.25) is 11.8 Å². The number of rotatable bonds is 7. The summed E-state index contributed by atoms with van der Waals surface area (Å²) in [4.78, 5) is 8.40. The van der Waals surface area contributed by atoms with Gasteiger partial charge in [-0.2, -0.15) is 10.1 Å². The van der Waals surface area contributed by atoms with E-state index in [1.165, 1.54) is 0 Å². The molecule has 0 saturated carbocycles. The zero-order chi connectivity index (χ0) is 15.2. The van der Waals surface area contributed by atoms with E-state index in [2.05, 4.69) is 27.3 Å². The first-order valence-corrected chi connectivity index (χ1v) is 6.78. The van der Waals surface area contributed by atoms with Gasteiger partial charge in [-0.05, 0) is 13.8 Å². The average Bonchev–Trinajstić information content (AvgIpc) is 2.77. The molecule has 21 heavy (non-hydrogen) atoms. The molecule has 0 saturated heterocycles. The van der Waals surface area contributed by atoms with Crippen LogP contribution in [-0.4, -0.2) is 40.6 Å². The lowest BCUT2D eigenvalue weighted by Crippen LogP contribution is -2.09. The number of hydrogen-bond acceptors (Lipinski definition) is 6. The molecule has 7 nitrogen and oxygen atoms in total. The Morgan fingerprint density at radius 3 is 2.81 bits per heavy atom. The summed E-state index contributed by atoms with van der Waals surface area (Å²) in [6.07, 6.45) is 1.66. The van der Waals surface area contributed by atoms with E-state index < -0.39 is 0 Å². The van der Waals surface area contributed by atoms with Crippen molar-refractivity contribution in [2.75, 3.05) is 26.1 Å². The summed E-state index contributed by atoms with van der Waals surface area (Å²) in [5.74, 6) is 1.08. The quantitative estimate of drug-likeness (QED) is 0.834. The standard InChI is InChI=1S/C14H21N5O2/c1-10-12(11(2)19(18-10)7-8-20-3)9-16-14-15-6-5-13(17-14)21-4/h5-6H,7-9H2,1-4H3,(H,15,16,17). The van der Waals surface area contributed by atoms with Gasteiger partial charge >= 0.3 is 0 Å². The number of methoxy groups -OCH3 is 2. The Kier molecular flexibility index (Phi) is 5.10. The van der Waals surface area contributed by atoms with Crippen molar-refractivity contribution in [1.29, 1.82) is 0 Å². The second-order valence-electron chi connectivity index (χ2n) is 4.64. The lowest BCUT2D eigenvalue weighted by atomic mass is 10.2. The Morgan fingerprint density at radius 1 is 1.29 bits per heavy atom. The maximum Gasteiger partial charge on any atom is 0.226 e. The highest BCUT2D eigenvalue weighted by Crippen LogP contribution is 2.15. The Labute approximate surface area is 124 Å².